The number of carboxylic acids is 1. The van der Waals surface area contributed by atoms with Gasteiger partial charge in [-0.2, -0.15) is 0 Å². The number of carboxylic acid groups (broad SMARTS) is 1. The predicted molar refractivity (Wildman–Crippen MR) is 78.1 cm³/mol. The van der Waals surface area contributed by atoms with E-state index in [0.29, 0.717) is 12.5 Å². The molecule has 2 fully saturated rings. The van der Waals surface area contributed by atoms with Crippen molar-refractivity contribution in [2.45, 2.75) is 51.0 Å². The Hall–Kier alpha value is -1.30. The zero-order valence-electron chi connectivity index (χ0n) is 12.5. The maximum absolute atomic E-state index is 11.9. The summed E-state index contributed by atoms with van der Waals surface area (Å²) in [5, 5.41) is 14.8. The summed E-state index contributed by atoms with van der Waals surface area (Å²) in [6.45, 7) is 2.08. The van der Waals surface area contributed by atoms with Gasteiger partial charge in [-0.1, -0.05) is 19.3 Å². The molecule has 0 aromatic heterocycles. The maximum atomic E-state index is 11.9. The van der Waals surface area contributed by atoms with Crippen LogP contribution in [-0.4, -0.2) is 42.9 Å². The number of ether oxygens (including phenoxy) is 1. The summed E-state index contributed by atoms with van der Waals surface area (Å²) in [4.78, 5) is 23.3. The summed E-state index contributed by atoms with van der Waals surface area (Å²) in [5.41, 5.74) is 0. The van der Waals surface area contributed by atoms with Crippen LogP contribution >= 0.6 is 0 Å². The summed E-state index contributed by atoms with van der Waals surface area (Å²) in [7, 11) is 0. The van der Waals surface area contributed by atoms with Crippen molar-refractivity contribution in [1.29, 1.82) is 0 Å². The molecule has 1 aliphatic carbocycles. The van der Waals surface area contributed by atoms with Gasteiger partial charge in [0.25, 0.3) is 0 Å². The number of urea groups is 1. The molecule has 2 amide bonds. The van der Waals surface area contributed by atoms with Crippen molar-refractivity contribution in [3.05, 3.63) is 0 Å². The molecule has 1 aliphatic heterocycles. The Kier molecular flexibility index (Phi) is 6.29. The van der Waals surface area contributed by atoms with Crippen LogP contribution in [0.25, 0.3) is 0 Å². The lowest BCUT2D eigenvalue weighted by atomic mass is 9.84. The Morgan fingerprint density at radius 2 is 1.76 bits per heavy atom. The number of carbonyl (C=O) groups is 2. The van der Waals surface area contributed by atoms with Gasteiger partial charge in [0, 0.05) is 19.8 Å². The summed E-state index contributed by atoms with van der Waals surface area (Å²) in [5.74, 6) is -0.435. The zero-order chi connectivity index (χ0) is 15.1. The number of hydrogen-bond acceptors (Lipinski definition) is 3. The molecule has 1 saturated heterocycles. The second-order valence-corrected chi connectivity index (χ2v) is 6.12. The van der Waals surface area contributed by atoms with Gasteiger partial charge in [-0.25, -0.2) is 9.59 Å². The van der Waals surface area contributed by atoms with E-state index in [-0.39, 0.29) is 11.9 Å². The van der Waals surface area contributed by atoms with Crippen LogP contribution in [0.1, 0.15) is 44.9 Å². The third-order valence-electron chi connectivity index (χ3n) is 4.57. The van der Waals surface area contributed by atoms with Crippen LogP contribution in [0.2, 0.25) is 0 Å². The van der Waals surface area contributed by atoms with Crippen molar-refractivity contribution < 1.29 is 19.4 Å². The van der Waals surface area contributed by atoms with Gasteiger partial charge >= 0.3 is 12.0 Å². The Balaban J connectivity index is 1.76. The molecule has 2 aliphatic rings. The van der Waals surface area contributed by atoms with E-state index in [1.165, 1.54) is 6.42 Å². The van der Waals surface area contributed by atoms with E-state index in [1.54, 1.807) is 0 Å². The van der Waals surface area contributed by atoms with Crippen LogP contribution in [0.15, 0.2) is 0 Å². The first kappa shape index (κ1) is 16.1. The Bertz CT molecular complexity index is 350. The first-order chi connectivity index (χ1) is 10.2. The van der Waals surface area contributed by atoms with Gasteiger partial charge in [0.15, 0.2) is 0 Å². The molecule has 6 nitrogen and oxygen atoms in total. The lowest BCUT2D eigenvalue weighted by Gasteiger charge is -2.28. The Labute approximate surface area is 125 Å². The van der Waals surface area contributed by atoms with Gasteiger partial charge in [0.2, 0.25) is 0 Å². The Morgan fingerprint density at radius 1 is 1.10 bits per heavy atom. The monoisotopic (exact) mass is 298 g/mol. The number of carbonyl (C=O) groups excluding carboxylic acids is 1. The quantitative estimate of drug-likeness (QED) is 0.721. The minimum absolute atomic E-state index is 0.0603. The van der Waals surface area contributed by atoms with E-state index in [2.05, 4.69) is 10.6 Å². The van der Waals surface area contributed by atoms with Gasteiger partial charge in [-0.05, 0) is 37.5 Å². The van der Waals surface area contributed by atoms with Crippen molar-refractivity contribution in [2.75, 3.05) is 19.8 Å². The van der Waals surface area contributed by atoms with Crippen molar-refractivity contribution >= 4 is 12.0 Å². The van der Waals surface area contributed by atoms with E-state index < -0.39 is 12.0 Å². The fraction of sp³-hybridized carbons (Fsp3) is 0.867. The summed E-state index contributed by atoms with van der Waals surface area (Å²) in [6, 6.07) is -1.13. The highest BCUT2D eigenvalue weighted by Crippen LogP contribution is 2.26. The number of nitrogens with one attached hydrogen (secondary N) is 2. The van der Waals surface area contributed by atoms with Crippen LogP contribution in [0.4, 0.5) is 4.79 Å². The molecular formula is C15H26N2O4. The van der Waals surface area contributed by atoms with Crippen molar-refractivity contribution in [1.82, 2.24) is 10.6 Å². The van der Waals surface area contributed by atoms with Crippen LogP contribution in [0.3, 0.4) is 0 Å². The standard InChI is InChI=1S/C15H26N2O4/c18-14(19)13(12-4-2-1-3-5-12)17-15(20)16-10-11-6-8-21-9-7-11/h11-13H,1-10H2,(H,18,19)(H2,16,17,20). The van der Waals surface area contributed by atoms with Gasteiger partial charge in [0.1, 0.15) is 6.04 Å². The highest BCUT2D eigenvalue weighted by atomic mass is 16.5. The predicted octanol–water partition coefficient (Wildman–Crippen LogP) is 1.75. The first-order valence-electron chi connectivity index (χ1n) is 8.01. The van der Waals surface area contributed by atoms with Gasteiger partial charge in [-0.3, -0.25) is 0 Å². The average Bonchev–Trinajstić information content (AvgIpc) is 2.52. The third-order valence-corrected chi connectivity index (χ3v) is 4.57. The molecule has 120 valence electrons. The SMILES string of the molecule is O=C(NCC1CCOCC1)NC(C(=O)O)C1CCCCC1. The normalized spacial score (nSPS) is 22.5. The third kappa shape index (κ3) is 5.19. The van der Waals surface area contributed by atoms with Gasteiger partial charge in [0.05, 0.1) is 0 Å². The molecule has 1 saturated carbocycles. The lowest BCUT2D eigenvalue weighted by molar-refractivity contribution is -0.141. The van der Waals surface area contributed by atoms with Crippen LogP contribution < -0.4 is 10.6 Å². The van der Waals surface area contributed by atoms with Crippen LogP contribution in [-0.2, 0) is 9.53 Å². The topological polar surface area (TPSA) is 87.7 Å². The molecule has 21 heavy (non-hydrogen) atoms. The zero-order valence-corrected chi connectivity index (χ0v) is 12.5. The van der Waals surface area contributed by atoms with E-state index in [0.717, 1.165) is 51.7 Å². The van der Waals surface area contributed by atoms with Gasteiger partial charge in [-0.15, -0.1) is 0 Å². The molecule has 1 atom stereocenters. The minimum atomic E-state index is -0.928. The van der Waals surface area contributed by atoms with Crippen molar-refractivity contribution in [3.8, 4) is 0 Å². The number of rotatable bonds is 5. The highest BCUT2D eigenvalue weighted by Gasteiger charge is 2.30. The van der Waals surface area contributed by atoms with Crippen molar-refractivity contribution in [2.24, 2.45) is 11.8 Å². The van der Waals surface area contributed by atoms with E-state index in [1.807, 2.05) is 0 Å². The smallest absolute Gasteiger partial charge is 0.326 e. The summed E-state index contributed by atoms with van der Waals surface area (Å²) >= 11 is 0. The summed E-state index contributed by atoms with van der Waals surface area (Å²) in [6.07, 6.45) is 6.95. The molecule has 0 aromatic carbocycles. The van der Waals surface area contributed by atoms with E-state index in [4.69, 9.17) is 4.74 Å². The maximum Gasteiger partial charge on any atom is 0.326 e. The number of aliphatic carboxylic acids is 1. The molecule has 1 heterocycles. The molecule has 3 N–H and O–H groups in total. The van der Waals surface area contributed by atoms with Crippen LogP contribution in [0, 0.1) is 11.8 Å². The molecule has 2 rings (SSSR count). The molecule has 0 aromatic rings. The van der Waals surface area contributed by atoms with E-state index in [9.17, 15) is 14.7 Å². The number of hydrogen-bond donors (Lipinski definition) is 3. The first-order valence-corrected chi connectivity index (χ1v) is 8.01. The van der Waals surface area contributed by atoms with Gasteiger partial charge < -0.3 is 20.5 Å². The fourth-order valence-electron chi connectivity index (χ4n) is 3.23. The highest BCUT2D eigenvalue weighted by molar-refractivity contribution is 5.82. The second-order valence-electron chi connectivity index (χ2n) is 6.12. The lowest BCUT2D eigenvalue weighted by Crippen LogP contribution is -2.51. The fourth-order valence-corrected chi connectivity index (χ4v) is 3.23. The second kappa shape index (κ2) is 8.22. The van der Waals surface area contributed by atoms with Crippen LogP contribution in [0.5, 0.6) is 0 Å². The molecule has 0 spiro atoms. The molecule has 0 radical (unpaired) electrons. The van der Waals surface area contributed by atoms with E-state index >= 15 is 0 Å². The molecule has 1 unspecified atom stereocenters. The molecule has 0 bridgehead atoms. The molecule has 6 heteroatoms. The minimum Gasteiger partial charge on any atom is -0.480 e. The average molecular weight is 298 g/mol. The number of amides is 2. The Morgan fingerprint density at radius 3 is 2.38 bits per heavy atom. The largest absolute Gasteiger partial charge is 0.480 e. The summed E-state index contributed by atoms with van der Waals surface area (Å²) < 4.78 is 5.28. The van der Waals surface area contributed by atoms with Crippen molar-refractivity contribution in [3.63, 3.8) is 0 Å². The molecular weight excluding hydrogens is 272 g/mol.